The molecule has 0 aromatic carbocycles. The first-order chi connectivity index (χ1) is 13.1. The van der Waals surface area contributed by atoms with Crippen LogP contribution >= 0.6 is 0 Å². The summed E-state index contributed by atoms with van der Waals surface area (Å²) in [6.45, 7) is 5.27. The highest BCUT2D eigenvalue weighted by Gasteiger charge is 2.33. The molecule has 0 saturated carbocycles. The molecule has 1 aliphatic rings. The average Bonchev–Trinajstić information content (AvgIpc) is 3.41. The number of likely N-dealkylation sites (tertiary alicyclic amines) is 1. The number of pyridine rings is 1. The summed E-state index contributed by atoms with van der Waals surface area (Å²) < 4.78 is 1.96. The Bertz CT molecular complexity index is 913. The second-order valence-electron chi connectivity index (χ2n) is 7.25. The van der Waals surface area contributed by atoms with Gasteiger partial charge >= 0.3 is 0 Å². The van der Waals surface area contributed by atoms with Gasteiger partial charge in [-0.2, -0.15) is 5.10 Å². The van der Waals surface area contributed by atoms with Crippen molar-refractivity contribution in [2.45, 2.75) is 45.2 Å². The lowest BCUT2D eigenvalue weighted by molar-refractivity contribution is -0.132. The van der Waals surface area contributed by atoms with Crippen LogP contribution in [0.4, 0.5) is 0 Å². The Morgan fingerprint density at radius 1 is 1.30 bits per heavy atom. The third-order valence-electron chi connectivity index (χ3n) is 5.14. The van der Waals surface area contributed by atoms with Crippen molar-refractivity contribution in [3.05, 3.63) is 54.6 Å². The first-order valence-electron chi connectivity index (χ1n) is 9.39. The van der Waals surface area contributed by atoms with Crippen molar-refractivity contribution >= 4 is 5.91 Å². The molecule has 1 amide bonds. The van der Waals surface area contributed by atoms with E-state index in [1.165, 1.54) is 0 Å². The van der Waals surface area contributed by atoms with Gasteiger partial charge in [-0.1, -0.05) is 13.8 Å². The number of imidazole rings is 1. The third-order valence-corrected chi connectivity index (χ3v) is 5.14. The Hall–Kier alpha value is -2.96. The molecule has 3 aromatic heterocycles. The van der Waals surface area contributed by atoms with Crippen LogP contribution in [-0.4, -0.2) is 42.1 Å². The fraction of sp³-hybridized carbons (Fsp3) is 0.400. The van der Waals surface area contributed by atoms with Gasteiger partial charge in [0.1, 0.15) is 12.4 Å². The predicted octanol–water partition coefficient (Wildman–Crippen LogP) is 3.16. The molecule has 0 bridgehead atoms. The topological polar surface area (TPSA) is 79.7 Å². The van der Waals surface area contributed by atoms with Crippen LogP contribution in [0.3, 0.4) is 0 Å². The average molecular weight is 364 g/mol. The molecule has 1 N–H and O–H groups in total. The van der Waals surface area contributed by atoms with Crippen LogP contribution in [0.2, 0.25) is 0 Å². The van der Waals surface area contributed by atoms with Crippen molar-refractivity contribution in [1.29, 1.82) is 0 Å². The van der Waals surface area contributed by atoms with Gasteiger partial charge in [0.25, 0.3) is 0 Å². The summed E-state index contributed by atoms with van der Waals surface area (Å²) >= 11 is 0. The summed E-state index contributed by atoms with van der Waals surface area (Å²) in [6.07, 6.45) is 11.0. The molecule has 1 fully saturated rings. The van der Waals surface area contributed by atoms with Gasteiger partial charge in [0.2, 0.25) is 5.91 Å². The maximum Gasteiger partial charge on any atom is 0.243 e. The van der Waals surface area contributed by atoms with E-state index in [2.05, 4.69) is 34.0 Å². The second kappa shape index (κ2) is 7.34. The summed E-state index contributed by atoms with van der Waals surface area (Å²) in [4.78, 5) is 23.5. The summed E-state index contributed by atoms with van der Waals surface area (Å²) in [5.41, 5.74) is 3.10. The summed E-state index contributed by atoms with van der Waals surface area (Å²) in [5.74, 6) is 1.35. The lowest BCUT2D eigenvalue weighted by Crippen LogP contribution is -2.34. The number of hydrogen-bond acceptors (Lipinski definition) is 4. The lowest BCUT2D eigenvalue weighted by atomic mass is 10.0. The van der Waals surface area contributed by atoms with Crippen molar-refractivity contribution in [3.8, 4) is 11.1 Å². The zero-order valence-corrected chi connectivity index (χ0v) is 15.7. The highest BCUT2D eigenvalue weighted by molar-refractivity contribution is 5.77. The number of aromatic nitrogens is 5. The molecular formula is C20H24N6O. The number of aromatic amines is 1. The van der Waals surface area contributed by atoms with E-state index in [0.717, 1.165) is 42.0 Å². The lowest BCUT2D eigenvalue weighted by Gasteiger charge is -2.25. The Balaban J connectivity index is 1.57. The van der Waals surface area contributed by atoms with Crippen molar-refractivity contribution in [2.75, 3.05) is 6.54 Å². The summed E-state index contributed by atoms with van der Waals surface area (Å²) in [7, 11) is 0. The molecule has 1 atom stereocenters. The normalized spacial score (nSPS) is 17.0. The van der Waals surface area contributed by atoms with Crippen LogP contribution in [0.1, 0.15) is 50.2 Å². The molecule has 1 unspecified atom stereocenters. The number of carbonyl (C=O) groups excluding carboxylic acids is 1. The minimum Gasteiger partial charge on any atom is -0.333 e. The van der Waals surface area contributed by atoms with Gasteiger partial charge in [-0.05, 0) is 30.5 Å². The van der Waals surface area contributed by atoms with Crippen LogP contribution < -0.4 is 0 Å². The van der Waals surface area contributed by atoms with Crippen molar-refractivity contribution in [2.24, 2.45) is 0 Å². The fourth-order valence-electron chi connectivity index (χ4n) is 3.87. The van der Waals surface area contributed by atoms with Crippen LogP contribution in [0, 0.1) is 0 Å². The number of H-pyrrole nitrogens is 1. The first kappa shape index (κ1) is 17.5. The van der Waals surface area contributed by atoms with Gasteiger partial charge < -0.3 is 9.47 Å². The monoisotopic (exact) mass is 364 g/mol. The summed E-state index contributed by atoms with van der Waals surface area (Å²) in [6, 6.07) is 3.96. The highest BCUT2D eigenvalue weighted by atomic mass is 16.2. The molecule has 140 valence electrons. The zero-order valence-electron chi connectivity index (χ0n) is 15.7. The maximum atomic E-state index is 13.1. The second-order valence-corrected chi connectivity index (χ2v) is 7.25. The quantitative estimate of drug-likeness (QED) is 0.754. The van der Waals surface area contributed by atoms with Gasteiger partial charge in [0.15, 0.2) is 0 Å². The minimum absolute atomic E-state index is 0.0224. The number of nitrogens with one attached hydrogen (secondary N) is 1. The molecule has 7 nitrogen and oxygen atoms in total. The third kappa shape index (κ3) is 3.37. The molecule has 4 heterocycles. The number of rotatable bonds is 5. The molecule has 7 heteroatoms. The number of hydrogen-bond donors (Lipinski definition) is 1. The molecule has 3 aromatic rings. The predicted molar refractivity (Wildman–Crippen MR) is 102 cm³/mol. The van der Waals surface area contributed by atoms with E-state index in [-0.39, 0.29) is 17.9 Å². The molecular weight excluding hydrogens is 340 g/mol. The van der Waals surface area contributed by atoms with E-state index in [9.17, 15) is 4.79 Å². The van der Waals surface area contributed by atoms with Crippen molar-refractivity contribution in [3.63, 3.8) is 0 Å². The van der Waals surface area contributed by atoms with Gasteiger partial charge in [0.05, 0.1) is 17.9 Å². The van der Waals surface area contributed by atoms with E-state index in [1.54, 1.807) is 18.6 Å². The number of nitrogens with zero attached hydrogens (tertiary/aromatic N) is 5. The Kier molecular flexibility index (Phi) is 4.75. The molecule has 1 saturated heterocycles. The maximum absolute atomic E-state index is 13.1. The van der Waals surface area contributed by atoms with E-state index in [4.69, 9.17) is 0 Å². The Morgan fingerprint density at radius 3 is 2.89 bits per heavy atom. The number of amides is 1. The smallest absolute Gasteiger partial charge is 0.243 e. The molecule has 0 radical (unpaired) electrons. The SMILES string of the molecule is CC(C)c1nccn1CC(=O)N1CCCC1c1[nH]ncc1-c1ccncc1. The highest BCUT2D eigenvalue weighted by Crippen LogP contribution is 2.36. The van der Waals surface area contributed by atoms with Gasteiger partial charge in [-0.25, -0.2) is 4.98 Å². The molecule has 0 spiro atoms. The van der Waals surface area contributed by atoms with E-state index >= 15 is 0 Å². The summed E-state index contributed by atoms with van der Waals surface area (Å²) in [5, 5.41) is 7.39. The van der Waals surface area contributed by atoms with Crippen LogP contribution in [-0.2, 0) is 11.3 Å². The largest absolute Gasteiger partial charge is 0.333 e. The zero-order chi connectivity index (χ0) is 18.8. The van der Waals surface area contributed by atoms with Crippen LogP contribution in [0.15, 0.2) is 43.1 Å². The van der Waals surface area contributed by atoms with E-state index in [1.807, 2.05) is 34.0 Å². The van der Waals surface area contributed by atoms with E-state index in [0.29, 0.717) is 6.54 Å². The van der Waals surface area contributed by atoms with Crippen LogP contribution in [0.5, 0.6) is 0 Å². The first-order valence-corrected chi connectivity index (χ1v) is 9.39. The van der Waals surface area contributed by atoms with Gasteiger partial charge in [0, 0.05) is 42.8 Å². The minimum atomic E-state index is 0.0224. The molecule has 0 aliphatic carbocycles. The van der Waals surface area contributed by atoms with Gasteiger partial charge in [-0.15, -0.1) is 0 Å². The van der Waals surface area contributed by atoms with Crippen molar-refractivity contribution in [1.82, 2.24) is 29.6 Å². The Morgan fingerprint density at radius 2 is 2.11 bits per heavy atom. The van der Waals surface area contributed by atoms with Crippen LogP contribution in [0.25, 0.3) is 11.1 Å². The Labute approximate surface area is 158 Å². The number of carbonyl (C=O) groups is 1. The van der Waals surface area contributed by atoms with E-state index < -0.39 is 0 Å². The molecule has 27 heavy (non-hydrogen) atoms. The van der Waals surface area contributed by atoms with Gasteiger partial charge in [-0.3, -0.25) is 14.9 Å². The fourth-order valence-corrected chi connectivity index (χ4v) is 3.87. The molecule has 4 rings (SSSR count). The van der Waals surface area contributed by atoms with Crippen molar-refractivity contribution < 1.29 is 4.79 Å². The molecule has 1 aliphatic heterocycles. The standard InChI is InChI=1S/C20H24N6O/c1-14(2)20-22-9-11-25(20)13-18(27)26-10-3-4-17(26)19-16(12-23-24-19)15-5-7-21-8-6-15/h5-9,11-12,14,17H,3-4,10,13H2,1-2H3,(H,23,24).